The SMILES string of the molecule is O=C(COC(=O)c1ccccc1SC[C@@H]1CCCO1)NCCc1ccccc1. The van der Waals surface area contributed by atoms with Crippen molar-refractivity contribution in [1.82, 2.24) is 5.32 Å². The van der Waals surface area contributed by atoms with Crippen LogP contribution in [-0.4, -0.2) is 43.5 Å². The summed E-state index contributed by atoms with van der Waals surface area (Å²) in [5, 5.41) is 2.78. The van der Waals surface area contributed by atoms with E-state index in [-0.39, 0.29) is 18.6 Å². The van der Waals surface area contributed by atoms with Gasteiger partial charge in [0.1, 0.15) is 0 Å². The lowest BCUT2D eigenvalue weighted by atomic mass is 10.1. The zero-order valence-corrected chi connectivity index (χ0v) is 16.6. The van der Waals surface area contributed by atoms with Gasteiger partial charge in [-0.05, 0) is 37.0 Å². The van der Waals surface area contributed by atoms with Crippen molar-refractivity contribution in [3.05, 3.63) is 65.7 Å². The normalized spacial score (nSPS) is 15.9. The number of esters is 1. The van der Waals surface area contributed by atoms with E-state index in [2.05, 4.69) is 5.32 Å². The molecule has 5 nitrogen and oxygen atoms in total. The Balaban J connectivity index is 1.43. The minimum absolute atomic E-state index is 0.240. The molecule has 0 aliphatic carbocycles. The molecule has 0 bridgehead atoms. The fourth-order valence-electron chi connectivity index (χ4n) is 2.97. The van der Waals surface area contributed by atoms with E-state index >= 15 is 0 Å². The molecule has 3 rings (SSSR count). The van der Waals surface area contributed by atoms with Crippen molar-refractivity contribution < 1.29 is 19.1 Å². The van der Waals surface area contributed by atoms with Gasteiger partial charge in [-0.25, -0.2) is 4.79 Å². The van der Waals surface area contributed by atoms with Crippen LogP contribution >= 0.6 is 11.8 Å². The zero-order chi connectivity index (χ0) is 19.6. The highest BCUT2D eigenvalue weighted by Gasteiger charge is 2.19. The first-order valence-electron chi connectivity index (χ1n) is 9.53. The number of benzene rings is 2. The van der Waals surface area contributed by atoms with E-state index in [1.165, 1.54) is 0 Å². The van der Waals surface area contributed by atoms with Gasteiger partial charge in [0.05, 0.1) is 11.7 Å². The Labute approximate surface area is 169 Å². The Morgan fingerprint density at radius 2 is 1.89 bits per heavy atom. The number of thioether (sulfide) groups is 1. The van der Waals surface area contributed by atoms with Crippen molar-refractivity contribution in [1.29, 1.82) is 0 Å². The van der Waals surface area contributed by atoms with Crippen LogP contribution in [0.3, 0.4) is 0 Å². The minimum Gasteiger partial charge on any atom is -0.452 e. The molecular weight excluding hydrogens is 374 g/mol. The average Bonchev–Trinajstić information content (AvgIpc) is 3.25. The lowest BCUT2D eigenvalue weighted by Crippen LogP contribution is -2.30. The maximum Gasteiger partial charge on any atom is 0.339 e. The zero-order valence-electron chi connectivity index (χ0n) is 15.8. The van der Waals surface area contributed by atoms with Crippen LogP contribution in [0.2, 0.25) is 0 Å². The van der Waals surface area contributed by atoms with Gasteiger partial charge in [-0.3, -0.25) is 4.79 Å². The van der Waals surface area contributed by atoms with Crippen LogP contribution in [0, 0.1) is 0 Å². The second-order valence-electron chi connectivity index (χ2n) is 6.60. The third-order valence-corrected chi connectivity index (χ3v) is 5.67. The van der Waals surface area contributed by atoms with Gasteiger partial charge in [-0.15, -0.1) is 11.8 Å². The van der Waals surface area contributed by atoms with Crippen LogP contribution in [0.15, 0.2) is 59.5 Å². The Bertz CT molecular complexity index is 775. The molecule has 0 spiro atoms. The number of amides is 1. The van der Waals surface area contributed by atoms with E-state index in [0.717, 1.165) is 42.1 Å². The van der Waals surface area contributed by atoms with Gasteiger partial charge in [-0.2, -0.15) is 0 Å². The topological polar surface area (TPSA) is 64.6 Å². The molecule has 1 fully saturated rings. The third-order valence-electron chi connectivity index (χ3n) is 4.47. The van der Waals surface area contributed by atoms with Gasteiger partial charge < -0.3 is 14.8 Å². The van der Waals surface area contributed by atoms with Crippen LogP contribution in [-0.2, 0) is 20.7 Å². The molecule has 1 aliphatic heterocycles. The van der Waals surface area contributed by atoms with Crippen molar-refractivity contribution in [3.8, 4) is 0 Å². The third kappa shape index (κ3) is 6.39. The fourth-order valence-corrected chi connectivity index (χ4v) is 4.08. The molecule has 148 valence electrons. The van der Waals surface area contributed by atoms with Crippen LogP contribution in [0.25, 0.3) is 0 Å². The summed E-state index contributed by atoms with van der Waals surface area (Å²) in [6.45, 7) is 1.04. The van der Waals surface area contributed by atoms with Gasteiger partial charge in [0, 0.05) is 23.8 Å². The first kappa shape index (κ1) is 20.4. The molecule has 1 saturated heterocycles. The van der Waals surface area contributed by atoms with Crippen LogP contribution < -0.4 is 5.32 Å². The van der Waals surface area contributed by atoms with Gasteiger partial charge in [0.15, 0.2) is 6.61 Å². The van der Waals surface area contributed by atoms with Crippen molar-refractivity contribution in [3.63, 3.8) is 0 Å². The quantitative estimate of drug-likeness (QED) is 0.517. The molecule has 1 atom stereocenters. The molecular formula is C22H25NO4S. The highest BCUT2D eigenvalue weighted by molar-refractivity contribution is 7.99. The fraction of sp³-hybridized carbons (Fsp3) is 0.364. The largest absolute Gasteiger partial charge is 0.452 e. The van der Waals surface area contributed by atoms with E-state index in [9.17, 15) is 9.59 Å². The Hall–Kier alpha value is -2.31. The lowest BCUT2D eigenvalue weighted by molar-refractivity contribution is -0.124. The number of ether oxygens (including phenoxy) is 2. The Morgan fingerprint density at radius 3 is 2.68 bits per heavy atom. The molecule has 2 aromatic carbocycles. The van der Waals surface area contributed by atoms with Crippen molar-refractivity contribution >= 4 is 23.6 Å². The number of hydrogen-bond acceptors (Lipinski definition) is 5. The first-order chi connectivity index (χ1) is 13.7. The first-order valence-corrected chi connectivity index (χ1v) is 10.5. The second kappa shape index (κ2) is 10.9. The molecule has 0 aromatic heterocycles. The summed E-state index contributed by atoms with van der Waals surface area (Å²) in [6.07, 6.45) is 3.13. The van der Waals surface area contributed by atoms with Crippen LogP contribution in [0.4, 0.5) is 0 Å². The van der Waals surface area contributed by atoms with E-state index in [1.807, 2.05) is 42.5 Å². The van der Waals surface area contributed by atoms with Crippen LogP contribution in [0.5, 0.6) is 0 Å². The molecule has 1 heterocycles. The van der Waals surface area contributed by atoms with Crippen LogP contribution in [0.1, 0.15) is 28.8 Å². The van der Waals surface area contributed by atoms with Gasteiger partial charge in [0.2, 0.25) is 0 Å². The smallest absolute Gasteiger partial charge is 0.339 e. The molecule has 1 amide bonds. The summed E-state index contributed by atoms with van der Waals surface area (Å²) < 4.78 is 10.8. The standard InChI is InChI=1S/C22H25NO4S/c24-21(23-13-12-17-7-2-1-3-8-17)15-27-22(25)19-10-4-5-11-20(19)28-16-18-9-6-14-26-18/h1-5,7-8,10-11,18H,6,9,12-16H2,(H,23,24)/t18-/m0/s1. The summed E-state index contributed by atoms with van der Waals surface area (Å²) in [6, 6.07) is 17.2. The maximum absolute atomic E-state index is 12.4. The molecule has 0 radical (unpaired) electrons. The van der Waals surface area contributed by atoms with Gasteiger partial charge in [-0.1, -0.05) is 42.5 Å². The second-order valence-corrected chi connectivity index (χ2v) is 7.67. The Morgan fingerprint density at radius 1 is 1.11 bits per heavy atom. The summed E-state index contributed by atoms with van der Waals surface area (Å²) in [7, 11) is 0. The van der Waals surface area contributed by atoms with E-state index < -0.39 is 5.97 Å². The number of nitrogens with one attached hydrogen (secondary N) is 1. The van der Waals surface area contributed by atoms with E-state index in [0.29, 0.717) is 12.1 Å². The molecule has 6 heteroatoms. The van der Waals surface area contributed by atoms with Crippen molar-refractivity contribution in [2.24, 2.45) is 0 Å². The van der Waals surface area contributed by atoms with Gasteiger partial charge in [0.25, 0.3) is 5.91 Å². The molecule has 0 saturated carbocycles. The predicted octanol–water partition coefficient (Wildman–Crippen LogP) is 3.47. The molecule has 1 N–H and O–H groups in total. The molecule has 0 unspecified atom stereocenters. The maximum atomic E-state index is 12.4. The molecule has 1 aliphatic rings. The number of rotatable bonds is 9. The van der Waals surface area contributed by atoms with Crippen molar-refractivity contribution in [2.75, 3.05) is 25.5 Å². The van der Waals surface area contributed by atoms with E-state index in [1.54, 1.807) is 23.9 Å². The summed E-state index contributed by atoms with van der Waals surface area (Å²) in [5.41, 5.74) is 1.64. The Kier molecular flexibility index (Phi) is 7.94. The predicted molar refractivity (Wildman–Crippen MR) is 110 cm³/mol. The van der Waals surface area contributed by atoms with Crippen molar-refractivity contribution in [2.45, 2.75) is 30.3 Å². The molecule has 2 aromatic rings. The molecule has 28 heavy (non-hydrogen) atoms. The lowest BCUT2D eigenvalue weighted by Gasteiger charge is -2.12. The number of carbonyl (C=O) groups excluding carboxylic acids is 2. The summed E-state index contributed by atoms with van der Waals surface area (Å²) in [4.78, 5) is 25.2. The average molecular weight is 400 g/mol. The monoisotopic (exact) mass is 399 g/mol. The summed E-state index contributed by atoms with van der Waals surface area (Å²) in [5.74, 6) is 0.0343. The van der Waals surface area contributed by atoms with Gasteiger partial charge >= 0.3 is 5.97 Å². The highest BCUT2D eigenvalue weighted by atomic mass is 32.2. The van der Waals surface area contributed by atoms with E-state index in [4.69, 9.17) is 9.47 Å². The highest BCUT2D eigenvalue weighted by Crippen LogP contribution is 2.27. The number of hydrogen-bond donors (Lipinski definition) is 1. The minimum atomic E-state index is -0.478. The summed E-state index contributed by atoms with van der Waals surface area (Å²) >= 11 is 1.59. The number of carbonyl (C=O) groups is 2.